The van der Waals surface area contributed by atoms with Gasteiger partial charge in [0.2, 0.25) is 0 Å². The Kier molecular flexibility index (Phi) is 106. The summed E-state index contributed by atoms with van der Waals surface area (Å²) in [6.45, 7) is 0. The number of carbonyl (C=O) groups excluding carboxylic acids is 2. The average Bonchev–Trinajstić information content (AvgIpc) is 0.918. The Morgan fingerprint density at radius 2 is 1.20 bits per heavy atom. The molecule has 0 fully saturated rings. The van der Waals surface area contributed by atoms with Crippen LogP contribution in [0.1, 0.15) is 0 Å². The van der Waals surface area contributed by atoms with Crippen LogP contribution >= 0.6 is 0 Å². The predicted molar refractivity (Wildman–Crippen MR) is 18.6 cm³/mol. The van der Waals surface area contributed by atoms with Crippen LogP contribution in [0.2, 0.25) is 0 Å². The second-order valence-electron chi connectivity index (χ2n) is 0.0833. The molecule has 3 N–H and O–H groups in total. The second kappa shape index (κ2) is 28.5. The molecule has 0 aliphatic carbocycles. The molecular weight excluding hydrogens is 265 g/mol. The summed E-state index contributed by atoms with van der Waals surface area (Å²) in [5, 5.41) is 0. The summed E-state index contributed by atoms with van der Waals surface area (Å²) in [7, 11) is 0. The van der Waals surface area contributed by atoms with Gasteiger partial charge in [-0.3, -0.25) is 0 Å². The molecule has 0 atom stereocenters. The number of rotatable bonds is 0. The third-order valence-electron chi connectivity index (χ3n) is 0. The molecule has 0 aromatic carbocycles. The van der Waals surface area contributed by atoms with Gasteiger partial charge < -0.3 is 6.15 Å². The zero-order chi connectivity index (χ0) is 2.71. The number of hydrogen-bond acceptors (Lipinski definition) is 3. The fourth-order valence-corrected chi connectivity index (χ4v) is 0. The zero-order valence-electron chi connectivity index (χ0n) is 2.73. The summed E-state index contributed by atoms with van der Waals surface area (Å²) >= 11 is 0. The van der Waals surface area contributed by atoms with E-state index in [1.54, 1.807) is 0 Å². The van der Waals surface area contributed by atoms with Crippen molar-refractivity contribution in [3.63, 3.8) is 0 Å². The van der Waals surface area contributed by atoms with E-state index in [9.17, 15) is 0 Å². The van der Waals surface area contributed by atoms with Gasteiger partial charge in [0.25, 0.3) is 0 Å². The minimum atomic E-state index is 0. The SMILES string of the molecule is N.O=C=O.[PbH2]. The van der Waals surface area contributed by atoms with E-state index in [0.717, 1.165) is 0 Å². The normalized spacial score (nSPS) is 1.60. The monoisotopic (exact) mass is 271 g/mol. The molecular formula is CH5NO2Pb. The molecule has 0 spiro atoms. The first-order valence-corrected chi connectivity index (χ1v) is 0.408. The third-order valence-corrected chi connectivity index (χ3v) is 0. The summed E-state index contributed by atoms with van der Waals surface area (Å²) in [5.74, 6) is 0. The van der Waals surface area contributed by atoms with E-state index in [1.807, 2.05) is 0 Å². The van der Waals surface area contributed by atoms with Gasteiger partial charge in [-0.1, -0.05) is 0 Å². The van der Waals surface area contributed by atoms with Crippen molar-refractivity contribution in [2.75, 3.05) is 0 Å². The molecule has 0 saturated heterocycles. The van der Waals surface area contributed by atoms with Gasteiger partial charge in [0.1, 0.15) is 0 Å². The van der Waals surface area contributed by atoms with E-state index in [-0.39, 0.29) is 39.6 Å². The van der Waals surface area contributed by atoms with E-state index in [1.165, 1.54) is 0 Å². The summed E-state index contributed by atoms with van der Waals surface area (Å²) in [4.78, 5) is 16.2. The van der Waals surface area contributed by atoms with Crippen LogP contribution in [-0.2, 0) is 9.59 Å². The zero-order valence-corrected chi connectivity index (χ0v) is 8.23. The maximum absolute atomic E-state index is 8.12. The fourth-order valence-electron chi connectivity index (χ4n) is 0. The van der Waals surface area contributed by atoms with Crippen LogP contribution in [0.25, 0.3) is 0 Å². The van der Waals surface area contributed by atoms with Crippen LogP contribution in [0.5, 0.6) is 0 Å². The summed E-state index contributed by atoms with van der Waals surface area (Å²) < 4.78 is 0. The van der Waals surface area contributed by atoms with Gasteiger partial charge in [-0.05, 0) is 0 Å². The average molecular weight is 270 g/mol. The summed E-state index contributed by atoms with van der Waals surface area (Å²) in [6.07, 6.45) is 0.250. The predicted octanol–water partition coefficient (Wildman–Crippen LogP) is -1.34. The van der Waals surface area contributed by atoms with Crippen LogP contribution in [-0.4, -0.2) is 33.5 Å². The maximum atomic E-state index is 8.12. The van der Waals surface area contributed by atoms with Gasteiger partial charge in [0.15, 0.2) is 0 Å². The molecule has 0 saturated carbocycles. The standard InChI is InChI=1S/CO2.H3N.Pb.2H/c2-1-3;;;;/h;1H3;;;. The van der Waals surface area contributed by atoms with Crippen LogP contribution in [0, 0.1) is 0 Å². The Bertz CT molecular complexity index is 30.6. The fraction of sp³-hybridized carbons (Fsp3) is 0. The van der Waals surface area contributed by atoms with Gasteiger partial charge in [0.05, 0.1) is 0 Å². The summed E-state index contributed by atoms with van der Waals surface area (Å²) in [5.41, 5.74) is 0. The molecule has 0 rings (SSSR count). The Morgan fingerprint density at radius 1 is 1.20 bits per heavy atom. The molecule has 0 aliphatic rings. The number of hydrogen-bond donors (Lipinski definition) is 1. The van der Waals surface area contributed by atoms with Crippen molar-refractivity contribution in [3.05, 3.63) is 0 Å². The van der Waals surface area contributed by atoms with Gasteiger partial charge in [-0.15, -0.1) is 0 Å². The Labute approximate surface area is 49.5 Å². The van der Waals surface area contributed by atoms with Gasteiger partial charge in [-0.2, -0.15) is 9.59 Å². The first-order valence-electron chi connectivity index (χ1n) is 0.408. The van der Waals surface area contributed by atoms with Crippen LogP contribution in [0.3, 0.4) is 0 Å². The van der Waals surface area contributed by atoms with Gasteiger partial charge in [0, 0.05) is 0 Å². The second-order valence-corrected chi connectivity index (χ2v) is 0.0833. The van der Waals surface area contributed by atoms with Gasteiger partial charge in [-0.25, -0.2) is 0 Å². The first kappa shape index (κ1) is 18.7. The van der Waals surface area contributed by atoms with Gasteiger partial charge >= 0.3 is 33.5 Å². The molecule has 0 unspecified atom stereocenters. The van der Waals surface area contributed by atoms with Crippen molar-refractivity contribution in [1.82, 2.24) is 6.15 Å². The van der Waals surface area contributed by atoms with E-state index < -0.39 is 0 Å². The minimum absolute atomic E-state index is 0. The quantitative estimate of drug-likeness (QED) is 0.554. The van der Waals surface area contributed by atoms with Crippen molar-refractivity contribution in [2.45, 2.75) is 0 Å². The van der Waals surface area contributed by atoms with Crippen LogP contribution in [0.4, 0.5) is 0 Å². The molecule has 0 amide bonds. The van der Waals surface area contributed by atoms with E-state index in [4.69, 9.17) is 9.59 Å². The molecule has 0 bridgehead atoms. The Hall–Kier alpha value is 0.262. The summed E-state index contributed by atoms with van der Waals surface area (Å²) in [6, 6.07) is 0. The molecule has 3 nitrogen and oxygen atoms in total. The van der Waals surface area contributed by atoms with E-state index in [0.29, 0.717) is 0 Å². The van der Waals surface area contributed by atoms with E-state index in [2.05, 4.69) is 0 Å². The van der Waals surface area contributed by atoms with Crippen molar-refractivity contribution >= 4 is 33.5 Å². The van der Waals surface area contributed by atoms with Crippen molar-refractivity contribution in [1.29, 1.82) is 0 Å². The van der Waals surface area contributed by atoms with E-state index >= 15 is 0 Å². The van der Waals surface area contributed by atoms with Crippen molar-refractivity contribution in [2.24, 2.45) is 0 Å². The molecule has 4 heteroatoms. The Balaban J connectivity index is -0.0000000200. The molecule has 30 valence electrons. The van der Waals surface area contributed by atoms with Crippen molar-refractivity contribution < 1.29 is 9.59 Å². The van der Waals surface area contributed by atoms with Crippen LogP contribution < -0.4 is 6.15 Å². The third kappa shape index (κ3) is 318. The molecule has 0 aromatic rings. The molecule has 0 aliphatic heterocycles. The van der Waals surface area contributed by atoms with Crippen molar-refractivity contribution in [3.8, 4) is 0 Å². The topological polar surface area (TPSA) is 69.1 Å². The molecule has 5 heavy (non-hydrogen) atoms. The Morgan fingerprint density at radius 3 is 1.20 bits per heavy atom. The van der Waals surface area contributed by atoms with Crippen LogP contribution in [0.15, 0.2) is 0 Å². The first-order chi connectivity index (χ1) is 1.41. The molecule has 0 heterocycles. The molecule has 2 radical (unpaired) electrons. The molecule has 0 aromatic heterocycles.